The number of carbonyl (C=O) groups excluding carboxylic acids is 1. The van der Waals surface area contributed by atoms with Crippen molar-refractivity contribution >= 4 is 17.3 Å². The van der Waals surface area contributed by atoms with E-state index in [-0.39, 0.29) is 0 Å². The number of hydrogen-bond donors (Lipinski definition) is 3. The van der Waals surface area contributed by atoms with Crippen LogP contribution in [0.1, 0.15) is 37.0 Å². The van der Waals surface area contributed by atoms with E-state index in [2.05, 4.69) is 19.2 Å². The third kappa shape index (κ3) is 2.42. The van der Waals surface area contributed by atoms with E-state index in [0.717, 1.165) is 11.6 Å². The molecule has 18 heavy (non-hydrogen) atoms. The lowest BCUT2D eigenvalue weighted by Gasteiger charge is -2.21. The molecule has 1 fully saturated rings. The van der Waals surface area contributed by atoms with Crippen LogP contribution in [0.4, 0.5) is 11.4 Å². The molecule has 1 aromatic carbocycles. The van der Waals surface area contributed by atoms with Crippen LogP contribution in [-0.4, -0.2) is 11.9 Å². The minimum absolute atomic E-state index is 0.388. The molecule has 3 atom stereocenters. The normalized spacial score (nSPS) is 27.1. The van der Waals surface area contributed by atoms with Crippen LogP contribution in [0.15, 0.2) is 18.2 Å². The summed E-state index contributed by atoms with van der Waals surface area (Å²) in [7, 11) is 0. The first kappa shape index (κ1) is 12.7. The van der Waals surface area contributed by atoms with Crippen molar-refractivity contribution in [1.29, 1.82) is 0 Å². The molecule has 1 aromatic rings. The molecule has 0 bridgehead atoms. The number of hydrogen-bond acceptors (Lipinski definition) is 3. The molecule has 2 rings (SSSR count). The number of nitrogens with one attached hydrogen (secondary N) is 1. The van der Waals surface area contributed by atoms with Gasteiger partial charge in [0.25, 0.3) is 5.91 Å². The molecule has 0 aliphatic heterocycles. The molecule has 0 radical (unpaired) electrons. The van der Waals surface area contributed by atoms with Crippen LogP contribution in [-0.2, 0) is 0 Å². The quantitative estimate of drug-likeness (QED) is 0.716. The molecule has 1 saturated carbocycles. The maximum Gasteiger partial charge on any atom is 0.250 e. The number of carbonyl (C=O) groups is 1. The lowest BCUT2D eigenvalue weighted by molar-refractivity contribution is 0.100. The average Bonchev–Trinajstić information content (AvgIpc) is 2.63. The van der Waals surface area contributed by atoms with E-state index < -0.39 is 5.91 Å². The molecule has 4 heteroatoms. The highest BCUT2D eigenvalue weighted by Gasteiger charge is 2.29. The van der Waals surface area contributed by atoms with Crippen molar-refractivity contribution in [3.8, 4) is 0 Å². The summed E-state index contributed by atoms with van der Waals surface area (Å²) < 4.78 is 0. The Hall–Kier alpha value is -1.71. The van der Waals surface area contributed by atoms with Gasteiger partial charge in [0.2, 0.25) is 0 Å². The summed E-state index contributed by atoms with van der Waals surface area (Å²) in [5.41, 5.74) is 12.8. The third-order valence-electron chi connectivity index (χ3n) is 4.14. The smallest absolute Gasteiger partial charge is 0.250 e. The van der Waals surface area contributed by atoms with Gasteiger partial charge < -0.3 is 16.8 Å². The minimum atomic E-state index is -0.482. The second kappa shape index (κ2) is 4.88. The molecule has 1 aliphatic carbocycles. The van der Waals surface area contributed by atoms with E-state index in [1.807, 2.05) is 6.07 Å². The van der Waals surface area contributed by atoms with Crippen LogP contribution in [0.3, 0.4) is 0 Å². The first-order chi connectivity index (χ1) is 8.49. The highest BCUT2D eigenvalue weighted by molar-refractivity contribution is 5.98. The van der Waals surface area contributed by atoms with E-state index in [9.17, 15) is 4.79 Å². The molecule has 5 N–H and O–H groups in total. The zero-order valence-electron chi connectivity index (χ0n) is 10.9. The van der Waals surface area contributed by atoms with Crippen LogP contribution < -0.4 is 16.8 Å². The SMILES string of the molecule is CC1CCC(Nc2ccc(N)c(C(N)=O)c2)C1C. The Morgan fingerprint density at radius 1 is 1.33 bits per heavy atom. The Labute approximate surface area is 108 Å². The topological polar surface area (TPSA) is 81.1 Å². The van der Waals surface area contributed by atoms with Crippen LogP contribution >= 0.6 is 0 Å². The first-order valence-electron chi connectivity index (χ1n) is 6.45. The monoisotopic (exact) mass is 247 g/mol. The van der Waals surface area contributed by atoms with Crippen molar-refractivity contribution < 1.29 is 4.79 Å². The Morgan fingerprint density at radius 2 is 2.06 bits per heavy atom. The van der Waals surface area contributed by atoms with Crippen molar-refractivity contribution in [3.63, 3.8) is 0 Å². The van der Waals surface area contributed by atoms with Gasteiger partial charge in [-0.15, -0.1) is 0 Å². The zero-order valence-corrected chi connectivity index (χ0v) is 10.9. The molecular formula is C14H21N3O. The highest BCUT2D eigenvalue weighted by Crippen LogP contribution is 2.33. The summed E-state index contributed by atoms with van der Waals surface area (Å²) in [6.07, 6.45) is 2.41. The average molecular weight is 247 g/mol. The van der Waals surface area contributed by atoms with Crippen molar-refractivity contribution in [3.05, 3.63) is 23.8 Å². The standard InChI is InChI=1S/C14H21N3O/c1-8-3-6-13(9(8)2)17-10-4-5-12(15)11(7-10)14(16)18/h4-5,7-9,13,17H,3,6,15H2,1-2H3,(H2,16,18). The van der Waals surface area contributed by atoms with Crippen LogP contribution in [0.5, 0.6) is 0 Å². The molecule has 1 aliphatic rings. The number of rotatable bonds is 3. The number of benzene rings is 1. The molecule has 4 nitrogen and oxygen atoms in total. The molecule has 98 valence electrons. The first-order valence-corrected chi connectivity index (χ1v) is 6.45. The number of nitrogens with two attached hydrogens (primary N) is 2. The second-order valence-corrected chi connectivity index (χ2v) is 5.33. The van der Waals surface area contributed by atoms with Gasteiger partial charge in [0.1, 0.15) is 0 Å². The molecule has 3 unspecified atom stereocenters. The lowest BCUT2D eigenvalue weighted by Crippen LogP contribution is -2.24. The number of nitrogen functional groups attached to an aromatic ring is 1. The fourth-order valence-electron chi connectivity index (χ4n) is 2.64. The largest absolute Gasteiger partial charge is 0.398 e. The van der Waals surface area contributed by atoms with Gasteiger partial charge in [0.05, 0.1) is 5.56 Å². The Kier molecular flexibility index (Phi) is 3.45. The zero-order chi connectivity index (χ0) is 13.3. The van der Waals surface area contributed by atoms with E-state index >= 15 is 0 Å². The number of primary amides is 1. The van der Waals surface area contributed by atoms with Crippen molar-refractivity contribution in [2.45, 2.75) is 32.7 Å². The van der Waals surface area contributed by atoms with Gasteiger partial charge in [-0.25, -0.2) is 0 Å². The van der Waals surface area contributed by atoms with Gasteiger partial charge in [-0.3, -0.25) is 4.79 Å². The van der Waals surface area contributed by atoms with Crippen molar-refractivity contribution in [2.75, 3.05) is 11.1 Å². The summed E-state index contributed by atoms with van der Waals surface area (Å²) >= 11 is 0. The fourth-order valence-corrected chi connectivity index (χ4v) is 2.64. The van der Waals surface area contributed by atoms with E-state index in [1.54, 1.807) is 12.1 Å². The summed E-state index contributed by atoms with van der Waals surface area (Å²) in [5, 5.41) is 3.48. The highest BCUT2D eigenvalue weighted by atomic mass is 16.1. The van der Waals surface area contributed by atoms with Crippen molar-refractivity contribution in [1.82, 2.24) is 0 Å². The molecule has 1 amide bonds. The summed E-state index contributed by atoms with van der Waals surface area (Å²) in [6, 6.07) is 5.83. The Bertz CT molecular complexity index is 458. The van der Waals surface area contributed by atoms with E-state index in [0.29, 0.717) is 23.2 Å². The fraction of sp³-hybridized carbons (Fsp3) is 0.500. The molecule has 0 heterocycles. The van der Waals surface area contributed by atoms with Crippen LogP contribution in [0, 0.1) is 11.8 Å². The molecular weight excluding hydrogens is 226 g/mol. The predicted octanol–water partition coefficient (Wildman–Crippen LogP) is 2.21. The number of amides is 1. The van der Waals surface area contributed by atoms with Gasteiger partial charge in [0, 0.05) is 17.4 Å². The van der Waals surface area contributed by atoms with Crippen LogP contribution in [0.25, 0.3) is 0 Å². The van der Waals surface area contributed by atoms with Gasteiger partial charge in [0.15, 0.2) is 0 Å². The summed E-state index contributed by atoms with van der Waals surface area (Å²) in [6.45, 7) is 4.55. The Balaban J connectivity index is 2.15. The van der Waals surface area contributed by atoms with Gasteiger partial charge in [-0.1, -0.05) is 13.8 Å². The molecule has 0 saturated heterocycles. The Morgan fingerprint density at radius 3 is 2.61 bits per heavy atom. The maximum absolute atomic E-state index is 11.2. The predicted molar refractivity (Wildman–Crippen MR) is 74.3 cm³/mol. The lowest BCUT2D eigenvalue weighted by atomic mass is 9.97. The van der Waals surface area contributed by atoms with E-state index in [4.69, 9.17) is 11.5 Å². The summed E-state index contributed by atoms with van der Waals surface area (Å²) in [5.74, 6) is 0.899. The summed E-state index contributed by atoms with van der Waals surface area (Å²) in [4.78, 5) is 11.2. The van der Waals surface area contributed by atoms with Crippen LogP contribution in [0.2, 0.25) is 0 Å². The van der Waals surface area contributed by atoms with Gasteiger partial charge in [-0.2, -0.15) is 0 Å². The molecule has 0 aromatic heterocycles. The second-order valence-electron chi connectivity index (χ2n) is 5.33. The van der Waals surface area contributed by atoms with Gasteiger partial charge >= 0.3 is 0 Å². The molecule has 0 spiro atoms. The van der Waals surface area contributed by atoms with Gasteiger partial charge in [-0.05, 0) is 42.9 Å². The van der Waals surface area contributed by atoms with Crippen molar-refractivity contribution in [2.24, 2.45) is 17.6 Å². The third-order valence-corrected chi connectivity index (χ3v) is 4.14. The van der Waals surface area contributed by atoms with E-state index in [1.165, 1.54) is 12.8 Å². The number of anilines is 2. The minimum Gasteiger partial charge on any atom is -0.398 e. The maximum atomic E-state index is 11.2.